The molecule has 3 nitrogen and oxygen atoms in total. The van der Waals surface area contributed by atoms with Gasteiger partial charge in [-0.15, -0.1) is 0 Å². The maximum Gasteiger partial charge on any atom is 0.0590 e. The minimum Gasteiger partial charge on any atom is -0.383 e. The largest absolute Gasteiger partial charge is 0.383 e. The summed E-state index contributed by atoms with van der Waals surface area (Å²) in [7, 11) is 1.78. The van der Waals surface area contributed by atoms with Gasteiger partial charge in [0.05, 0.1) is 6.61 Å². The van der Waals surface area contributed by atoms with Crippen molar-refractivity contribution in [2.75, 3.05) is 26.8 Å². The molecule has 0 saturated heterocycles. The number of methoxy groups -OCH3 is 1. The van der Waals surface area contributed by atoms with E-state index in [2.05, 4.69) is 18.7 Å². The Bertz CT molecular complexity index is 198. The molecule has 1 rings (SSSR count). The van der Waals surface area contributed by atoms with E-state index in [-0.39, 0.29) is 5.54 Å². The molecule has 1 saturated carbocycles. The summed E-state index contributed by atoms with van der Waals surface area (Å²) in [6.07, 6.45) is 7.91. The van der Waals surface area contributed by atoms with Crippen molar-refractivity contribution in [3.8, 4) is 0 Å². The standard InChI is InChI=1S/C14H30N2O/c1-13(2)16(10-11-17-3)14(12-15)8-6-4-5-7-9-14/h13H,4-12,15H2,1-3H3. The van der Waals surface area contributed by atoms with Gasteiger partial charge < -0.3 is 10.5 Å². The van der Waals surface area contributed by atoms with Gasteiger partial charge in [0.1, 0.15) is 0 Å². The Morgan fingerprint density at radius 3 is 2.18 bits per heavy atom. The Balaban J connectivity index is 2.76. The number of rotatable bonds is 6. The molecule has 0 bridgehead atoms. The topological polar surface area (TPSA) is 38.5 Å². The summed E-state index contributed by atoms with van der Waals surface area (Å²) in [5.74, 6) is 0. The Kier molecular flexibility index (Phi) is 6.45. The molecule has 0 amide bonds. The van der Waals surface area contributed by atoms with Crippen molar-refractivity contribution in [2.45, 2.75) is 64.0 Å². The van der Waals surface area contributed by atoms with Crippen molar-refractivity contribution in [2.24, 2.45) is 5.73 Å². The number of ether oxygens (including phenoxy) is 1. The molecule has 1 aliphatic carbocycles. The molecule has 102 valence electrons. The normalized spacial score (nSPS) is 20.8. The van der Waals surface area contributed by atoms with Crippen molar-refractivity contribution in [1.82, 2.24) is 4.90 Å². The van der Waals surface area contributed by atoms with Crippen LogP contribution < -0.4 is 5.73 Å². The smallest absolute Gasteiger partial charge is 0.0590 e. The number of nitrogens with zero attached hydrogens (tertiary/aromatic N) is 1. The Hall–Kier alpha value is -0.120. The highest BCUT2D eigenvalue weighted by molar-refractivity contribution is 4.94. The third-order valence-electron chi connectivity index (χ3n) is 4.18. The molecule has 0 aliphatic heterocycles. The fourth-order valence-electron chi connectivity index (χ4n) is 3.23. The third-order valence-corrected chi connectivity index (χ3v) is 4.18. The first-order chi connectivity index (χ1) is 8.16. The van der Waals surface area contributed by atoms with E-state index in [1.807, 2.05) is 0 Å². The third kappa shape index (κ3) is 3.94. The van der Waals surface area contributed by atoms with Gasteiger partial charge in [-0.3, -0.25) is 4.90 Å². The molecule has 1 aliphatic rings. The second-order valence-electron chi connectivity index (χ2n) is 5.62. The highest BCUT2D eigenvalue weighted by Gasteiger charge is 2.36. The fourth-order valence-corrected chi connectivity index (χ4v) is 3.23. The first-order valence-electron chi connectivity index (χ1n) is 7.12. The van der Waals surface area contributed by atoms with E-state index in [1.54, 1.807) is 7.11 Å². The van der Waals surface area contributed by atoms with Crippen LogP contribution in [0.3, 0.4) is 0 Å². The van der Waals surface area contributed by atoms with Crippen molar-refractivity contribution in [3.05, 3.63) is 0 Å². The van der Waals surface area contributed by atoms with Crippen LogP contribution in [-0.2, 0) is 4.74 Å². The van der Waals surface area contributed by atoms with Crippen LogP contribution in [0.15, 0.2) is 0 Å². The highest BCUT2D eigenvalue weighted by atomic mass is 16.5. The van der Waals surface area contributed by atoms with E-state index < -0.39 is 0 Å². The minimum absolute atomic E-state index is 0.225. The van der Waals surface area contributed by atoms with E-state index in [0.717, 1.165) is 19.7 Å². The lowest BCUT2D eigenvalue weighted by Gasteiger charge is -2.45. The summed E-state index contributed by atoms with van der Waals surface area (Å²) in [6, 6.07) is 0.548. The molecular weight excluding hydrogens is 212 g/mol. The minimum atomic E-state index is 0.225. The maximum absolute atomic E-state index is 6.14. The lowest BCUT2D eigenvalue weighted by molar-refractivity contribution is 0.0239. The van der Waals surface area contributed by atoms with Crippen LogP contribution in [0, 0.1) is 0 Å². The van der Waals surface area contributed by atoms with Gasteiger partial charge in [0.25, 0.3) is 0 Å². The van der Waals surface area contributed by atoms with E-state index in [0.29, 0.717) is 6.04 Å². The van der Waals surface area contributed by atoms with Crippen LogP contribution >= 0.6 is 0 Å². The monoisotopic (exact) mass is 242 g/mol. The maximum atomic E-state index is 6.14. The average molecular weight is 242 g/mol. The van der Waals surface area contributed by atoms with Crippen LogP contribution in [0.25, 0.3) is 0 Å². The zero-order valence-corrected chi connectivity index (χ0v) is 11.9. The molecule has 0 unspecified atom stereocenters. The molecule has 0 radical (unpaired) electrons. The van der Waals surface area contributed by atoms with Gasteiger partial charge >= 0.3 is 0 Å². The SMILES string of the molecule is COCCN(C(C)C)C1(CN)CCCCCC1. The summed E-state index contributed by atoms with van der Waals surface area (Å²) in [6.45, 7) is 7.15. The number of hydrogen-bond donors (Lipinski definition) is 1. The van der Waals surface area contributed by atoms with E-state index in [4.69, 9.17) is 10.5 Å². The van der Waals surface area contributed by atoms with Crippen molar-refractivity contribution in [3.63, 3.8) is 0 Å². The molecule has 0 aromatic carbocycles. The fraction of sp³-hybridized carbons (Fsp3) is 1.00. The van der Waals surface area contributed by atoms with Crippen LogP contribution in [-0.4, -0.2) is 43.3 Å². The van der Waals surface area contributed by atoms with Crippen LogP contribution in [0.2, 0.25) is 0 Å². The second kappa shape index (κ2) is 7.34. The van der Waals surface area contributed by atoms with E-state index >= 15 is 0 Å². The molecule has 0 aromatic rings. The van der Waals surface area contributed by atoms with Gasteiger partial charge in [-0.05, 0) is 26.7 Å². The molecule has 0 spiro atoms. The van der Waals surface area contributed by atoms with Gasteiger partial charge in [0.15, 0.2) is 0 Å². The zero-order valence-electron chi connectivity index (χ0n) is 11.9. The predicted molar refractivity (Wildman–Crippen MR) is 73.2 cm³/mol. The lowest BCUT2D eigenvalue weighted by Crippen LogP contribution is -2.57. The predicted octanol–water partition coefficient (Wildman–Crippen LogP) is 2.39. The van der Waals surface area contributed by atoms with Crippen molar-refractivity contribution >= 4 is 0 Å². The van der Waals surface area contributed by atoms with Crippen LogP contribution in [0.4, 0.5) is 0 Å². The van der Waals surface area contributed by atoms with Gasteiger partial charge in [-0.25, -0.2) is 0 Å². The molecule has 0 heterocycles. The van der Waals surface area contributed by atoms with Crippen molar-refractivity contribution in [1.29, 1.82) is 0 Å². The summed E-state index contributed by atoms with van der Waals surface area (Å²) < 4.78 is 5.25. The first-order valence-corrected chi connectivity index (χ1v) is 7.12. The molecule has 0 atom stereocenters. The summed E-state index contributed by atoms with van der Waals surface area (Å²) in [5, 5.41) is 0. The van der Waals surface area contributed by atoms with Gasteiger partial charge in [0.2, 0.25) is 0 Å². The summed E-state index contributed by atoms with van der Waals surface area (Å²) >= 11 is 0. The first kappa shape index (κ1) is 14.9. The summed E-state index contributed by atoms with van der Waals surface area (Å²) in [4.78, 5) is 2.59. The molecule has 0 aromatic heterocycles. The quantitative estimate of drug-likeness (QED) is 0.727. The van der Waals surface area contributed by atoms with E-state index in [1.165, 1.54) is 38.5 Å². The molecule has 2 N–H and O–H groups in total. The van der Waals surface area contributed by atoms with Crippen LogP contribution in [0.5, 0.6) is 0 Å². The Morgan fingerprint density at radius 2 is 1.76 bits per heavy atom. The summed E-state index contributed by atoms with van der Waals surface area (Å²) in [5.41, 5.74) is 6.36. The van der Waals surface area contributed by atoms with Gasteiger partial charge in [-0.2, -0.15) is 0 Å². The number of nitrogens with two attached hydrogens (primary N) is 1. The van der Waals surface area contributed by atoms with Gasteiger partial charge in [-0.1, -0.05) is 25.7 Å². The molecular formula is C14H30N2O. The number of hydrogen-bond acceptors (Lipinski definition) is 3. The second-order valence-corrected chi connectivity index (χ2v) is 5.62. The molecule has 3 heteroatoms. The van der Waals surface area contributed by atoms with Crippen LogP contribution in [0.1, 0.15) is 52.4 Å². The Labute approximate surface area is 107 Å². The lowest BCUT2D eigenvalue weighted by atomic mass is 9.87. The molecule has 17 heavy (non-hydrogen) atoms. The zero-order chi connectivity index (χ0) is 12.7. The van der Waals surface area contributed by atoms with E-state index in [9.17, 15) is 0 Å². The highest BCUT2D eigenvalue weighted by Crippen LogP contribution is 2.33. The van der Waals surface area contributed by atoms with Gasteiger partial charge in [0, 0.05) is 31.8 Å². The molecule has 1 fully saturated rings. The average Bonchev–Trinajstić information content (AvgIpc) is 2.55. The van der Waals surface area contributed by atoms with Crippen molar-refractivity contribution < 1.29 is 4.74 Å². The Morgan fingerprint density at radius 1 is 1.18 bits per heavy atom.